The number of carbonyl (C=O) groups excluding carboxylic acids is 2. The van der Waals surface area contributed by atoms with Crippen LogP contribution in [0.25, 0.3) is 10.9 Å². The van der Waals surface area contributed by atoms with Gasteiger partial charge in [0.25, 0.3) is 0 Å². The summed E-state index contributed by atoms with van der Waals surface area (Å²) >= 11 is 0. The zero-order chi connectivity index (χ0) is 20.5. The average Bonchev–Trinajstić information content (AvgIpc) is 3.40. The van der Waals surface area contributed by atoms with Crippen LogP contribution in [0, 0.1) is 11.8 Å². The molecule has 30 heavy (non-hydrogen) atoms. The number of nitrogens with one attached hydrogen (secondary N) is 2. The molecule has 0 unspecified atom stereocenters. The lowest BCUT2D eigenvalue weighted by molar-refractivity contribution is -0.131. The van der Waals surface area contributed by atoms with Gasteiger partial charge in [0.05, 0.1) is 29.6 Å². The summed E-state index contributed by atoms with van der Waals surface area (Å²) < 4.78 is 5.84. The third kappa shape index (κ3) is 3.44. The first kappa shape index (κ1) is 18.4. The Hall–Kier alpha value is -3.58. The number of benzene rings is 1. The maximum atomic E-state index is 13.1. The van der Waals surface area contributed by atoms with Crippen LogP contribution in [0.3, 0.4) is 0 Å². The summed E-state index contributed by atoms with van der Waals surface area (Å²) in [5, 5.41) is 6.80. The largest absolute Gasteiger partial charge is 0.365 e. The summed E-state index contributed by atoms with van der Waals surface area (Å²) in [4.78, 5) is 34.4. The van der Waals surface area contributed by atoms with Crippen molar-refractivity contribution in [3.8, 4) is 0 Å². The molecule has 2 aliphatic rings. The fourth-order valence-corrected chi connectivity index (χ4v) is 4.12. The number of aromatic nitrogens is 2. The smallest absolute Gasteiger partial charge is 0.231 e. The van der Waals surface area contributed by atoms with Crippen molar-refractivity contribution in [3.63, 3.8) is 0 Å². The summed E-state index contributed by atoms with van der Waals surface area (Å²) in [5.74, 6) is -1.58. The maximum Gasteiger partial charge on any atom is 0.231 e. The van der Waals surface area contributed by atoms with E-state index in [1.54, 1.807) is 18.6 Å². The second kappa shape index (κ2) is 7.68. The number of amides is 2. The predicted molar refractivity (Wildman–Crippen MR) is 111 cm³/mol. The van der Waals surface area contributed by atoms with Crippen LogP contribution in [0.5, 0.6) is 0 Å². The molecule has 7 nitrogen and oxygen atoms in total. The van der Waals surface area contributed by atoms with E-state index in [4.69, 9.17) is 4.74 Å². The number of pyridine rings is 2. The Morgan fingerprint density at radius 1 is 0.967 bits per heavy atom. The number of fused-ring (bicyclic) bond motifs is 3. The minimum atomic E-state index is -0.585. The van der Waals surface area contributed by atoms with E-state index in [9.17, 15) is 9.59 Å². The first-order valence-corrected chi connectivity index (χ1v) is 9.85. The van der Waals surface area contributed by atoms with Crippen LogP contribution in [0.4, 0.5) is 5.69 Å². The first-order valence-electron chi connectivity index (χ1n) is 9.85. The van der Waals surface area contributed by atoms with Crippen LogP contribution in [0.15, 0.2) is 73.2 Å². The van der Waals surface area contributed by atoms with Gasteiger partial charge in [0.1, 0.15) is 0 Å². The zero-order valence-electron chi connectivity index (χ0n) is 16.1. The van der Waals surface area contributed by atoms with Gasteiger partial charge in [-0.1, -0.05) is 24.3 Å². The van der Waals surface area contributed by atoms with E-state index in [0.29, 0.717) is 12.2 Å². The third-order valence-corrected chi connectivity index (χ3v) is 5.57. The Balaban J connectivity index is 1.31. The van der Waals surface area contributed by atoms with Gasteiger partial charge >= 0.3 is 0 Å². The van der Waals surface area contributed by atoms with Gasteiger partial charge in [0.15, 0.2) is 0 Å². The lowest BCUT2D eigenvalue weighted by atomic mass is 9.81. The van der Waals surface area contributed by atoms with Crippen molar-refractivity contribution in [2.75, 3.05) is 5.32 Å². The maximum absolute atomic E-state index is 13.1. The molecular formula is C23H20N4O3. The Labute approximate surface area is 173 Å². The molecule has 2 aliphatic heterocycles. The Morgan fingerprint density at radius 2 is 1.77 bits per heavy atom. The highest BCUT2D eigenvalue weighted by Gasteiger charge is 2.52. The van der Waals surface area contributed by atoms with Gasteiger partial charge in [-0.2, -0.15) is 0 Å². The number of hydrogen-bond acceptors (Lipinski definition) is 5. The van der Waals surface area contributed by atoms with Crippen molar-refractivity contribution in [2.45, 2.75) is 18.8 Å². The summed E-state index contributed by atoms with van der Waals surface area (Å²) in [6.07, 6.45) is 8.06. The second-order valence-electron chi connectivity index (χ2n) is 7.48. The third-order valence-electron chi connectivity index (χ3n) is 5.57. The molecule has 0 spiro atoms. The summed E-state index contributed by atoms with van der Waals surface area (Å²) in [6, 6.07) is 13.1. The van der Waals surface area contributed by atoms with Crippen LogP contribution < -0.4 is 10.6 Å². The van der Waals surface area contributed by atoms with Crippen LogP contribution in [-0.4, -0.2) is 34.0 Å². The van der Waals surface area contributed by atoms with Gasteiger partial charge in [0, 0.05) is 36.2 Å². The molecule has 1 fully saturated rings. The summed E-state index contributed by atoms with van der Waals surface area (Å²) in [7, 11) is 0. The minimum absolute atomic E-state index is 0.196. The van der Waals surface area contributed by atoms with Crippen molar-refractivity contribution in [1.29, 1.82) is 0 Å². The second-order valence-corrected chi connectivity index (χ2v) is 7.48. The van der Waals surface area contributed by atoms with Gasteiger partial charge in [-0.05, 0) is 35.9 Å². The van der Waals surface area contributed by atoms with E-state index < -0.39 is 17.9 Å². The summed E-state index contributed by atoms with van der Waals surface area (Å²) in [5.41, 5.74) is 2.42. The number of carbonyl (C=O) groups is 2. The van der Waals surface area contributed by atoms with E-state index in [0.717, 1.165) is 16.5 Å². The topological polar surface area (TPSA) is 93.2 Å². The lowest BCUT2D eigenvalue weighted by Crippen LogP contribution is -2.44. The van der Waals surface area contributed by atoms with Crippen LogP contribution in [-0.2, 0) is 20.9 Å². The Kier molecular flexibility index (Phi) is 4.72. The van der Waals surface area contributed by atoms with Gasteiger partial charge < -0.3 is 15.4 Å². The monoisotopic (exact) mass is 400 g/mol. The Bertz CT molecular complexity index is 1130. The van der Waals surface area contributed by atoms with E-state index in [1.165, 1.54) is 0 Å². The minimum Gasteiger partial charge on any atom is -0.365 e. The number of rotatable bonds is 5. The highest BCUT2D eigenvalue weighted by atomic mass is 16.5. The molecule has 7 heteroatoms. The molecule has 2 aromatic heterocycles. The first-order chi connectivity index (χ1) is 14.7. The molecular weight excluding hydrogens is 380 g/mol. The lowest BCUT2D eigenvalue weighted by Gasteiger charge is -2.23. The normalized spacial score (nSPS) is 24.1. The van der Waals surface area contributed by atoms with Crippen molar-refractivity contribution >= 4 is 28.4 Å². The molecule has 150 valence electrons. The number of ether oxygens (including phenoxy) is 1. The fraction of sp³-hybridized carbons (Fsp3) is 0.217. The molecule has 2 amide bonds. The molecule has 1 aromatic carbocycles. The molecule has 2 bridgehead atoms. The van der Waals surface area contributed by atoms with E-state index in [2.05, 4.69) is 20.6 Å². The number of anilines is 1. The molecule has 4 heterocycles. The van der Waals surface area contributed by atoms with Crippen molar-refractivity contribution in [1.82, 2.24) is 15.3 Å². The van der Waals surface area contributed by atoms with Gasteiger partial charge in [-0.3, -0.25) is 19.6 Å². The van der Waals surface area contributed by atoms with Crippen molar-refractivity contribution < 1.29 is 14.3 Å². The van der Waals surface area contributed by atoms with Crippen LogP contribution >= 0.6 is 0 Å². The predicted octanol–water partition coefficient (Wildman–Crippen LogP) is 2.45. The van der Waals surface area contributed by atoms with Gasteiger partial charge in [-0.15, -0.1) is 0 Å². The fourth-order valence-electron chi connectivity index (χ4n) is 4.12. The summed E-state index contributed by atoms with van der Waals surface area (Å²) in [6.45, 7) is 0.357. The van der Waals surface area contributed by atoms with Crippen LogP contribution in [0.1, 0.15) is 5.56 Å². The van der Waals surface area contributed by atoms with E-state index >= 15 is 0 Å². The van der Waals surface area contributed by atoms with Gasteiger partial charge in [0.2, 0.25) is 11.8 Å². The molecule has 2 N–H and O–H groups in total. The molecule has 5 rings (SSSR count). The standard InChI is InChI=1S/C23H20N4O3/c28-22(26-13-14-3-1-9-24-12-14)20-18-7-8-19(30-18)21(20)23(29)27-16-5-6-17-15(11-16)4-2-10-25-17/h1-12,18-21H,13H2,(H,26,28)(H,27,29)/t18-,19+,20+,21+/m1/s1. The van der Waals surface area contributed by atoms with Crippen molar-refractivity contribution in [2.24, 2.45) is 11.8 Å². The van der Waals surface area contributed by atoms with Crippen molar-refractivity contribution in [3.05, 3.63) is 78.8 Å². The average molecular weight is 400 g/mol. The Morgan fingerprint density at radius 3 is 2.57 bits per heavy atom. The SMILES string of the molecule is O=C(Nc1ccc2ncccc2c1)[C@@H]1[C@@H](C(=O)NCc2cccnc2)[C@H]2C=C[C@@H]1O2. The molecule has 4 atom stereocenters. The highest BCUT2D eigenvalue weighted by molar-refractivity contribution is 5.99. The molecule has 0 radical (unpaired) electrons. The van der Waals surface area contributed by atoms with E-state index in [-0.39, 0.29) is 17.9 Å². The van der Waals surface area contributed by atoms with Crippen LogP contribution in [0.2, 0.25) is 0 Å². The number of hydrogen-bond donors (Lipinski definition) is 2. The van der Waals surface area contributed by atoms with E-state index in [1.807, 2.05) is 54.6 Å². The highest BCUT2D eigenvalue weighted by Crippen LogP contribution is 2.40. The number of nitrogens with zero attached hydrogens (tertiary/aromatic N) is 2. The molecule has 3 aromatic rings. The molecule has 0 saturated carbocycles. The zero-order valence-corrected chi connectivity index (χ0v) is 16.1. The quantitative estimate of drug-likeness (QED) is 0.642. The van der Waals surface area contributed by atoms with Gasteiger partial charge in [-0.25, -0.2) is 0 Å². The molecule has 0 aliphatic carbocycles. The molecule has 1 saturated heterocycles.